The third-order valence-corrected chi connectivity index (χ3v) is 2.44. The molecule has 0 aromatic heterocycles. The van der Waals surface area contributed by atoms with Gasteiger partial charge in [0.15, 0.2) is 0 Å². The van der Waals surface area contributed by atoms with Crippen molar-refractivity contribution in [2.24, 2.45) is 15.1 Å². The van der Waals surface area contributed by atoms with Gasteiger partial charge in [-0.1, -0.05) is 25.4 Å². The number of guanidine groups is 1. The fraction of sp³-hybridized carbons (Fsp3) is 0.583. The van der Waals surface area contributed by atoms with Gasteiger partial charge in [-0.15, -0.1) is 13.2 Å². The van der Waals surface area contributed by atoms with E-state index in [0.717, 1.165) is 5.01 Å². The molecule has 5 nitrogen and oxygen atoms in total. The van der Waals surface area contributed by atoms with Crippen LogP contribution in [0.2, 0.25) is 0 Å². The van der Waals surface area contributed by atoms with Crippen LogP contribution in [-0.2, 0) is 0 Å². The van der Waals surface area contributed by atoms with Crippen LogP contribution >= 0.6 is 11.6 Å². The molecule has 1 aliphatic heterocycles. The van der Waals surface area contributed by atoms with Crippen LogP contribution < -0.4 is 5.32 Å². The summed E-state index contributed by atoms with van der Waals surface area (Å²) in [4.78, 5) is 7.37. The lowest BCUT2D eigenvalue weighted by Gasteiger charge is -2.22. The van der Waals surface area contributed by atoms with Gasteiger partial charge in [0.2, 0.25) is 5.96 Å². The van der Waals surface area contributed by atoms with E-state index in [1.54, 1.807) is 0 Å². The molecule has 1 N–H and O–H groups in total. The number of nitrogens with zero attached hydrogens (tertiary/aromatic N) is 4. The van der Waals surface area contributed by atoms with Gasteiger partial charge in [-0.25, -0.2) is 13.8 Å². The summed E-state index contributed by atoms with van der Waals surface area (Å²) in [7, 11) is 1.53. The first-order valence-electron chi connectivity index (χ1n) is 6.01. The summed E-state index contributed by atoms with van der Waals surface area (Å²) in [6.45, 7) is 12.8. The van der Waals surface area contributed by atoms with Crippen LogP contribution in [0.15, 0.2) is 28.2 Å². The number of alkyl halides is 3. The Morgan fingerprint density at radius 3 is 2.45 bits per heavy atom. The standard InChI is InChI=1S/C8H12ClF2N5.C2H6.C2H4/c1-12-8(13-2)15-5-3-14-16(7(5)9)4-6(10)11;2*1-2/h3,5-7H,1,4H2,2H3,(H,13,15);1-2H3;1-2H2. The van der Waals surface area contributed by atoms with E-state index < -0.39 is 24.5 Å². The zero-order chi connectivity index (χ0) is 16.1. The van der Waals surface area contributed by atoms with Crippen molar-refractivity contribution in [3.63, 3.8) is 0 Å². The molecule has 116 valence electrons. The average molecular weight is 310 g/mol. The second-order valence-electron chi connectivity index (χ2n) is 3.03. The molecule has 1 rings (SSSR count). The number of rotatable bonds is 3. The van der Waals surface area contributed by atoms with Crippen molar-refractivity contribution in [3.8, 4) is 0 Å². The van der Waals surface area contributed by atoms with Crippen molar-refractivity contribution < 1.29 is 8.78 Å². The first kappa shape index (κ1) is 20.8. The van der Waals surface area contributed by atoms with E-state index in [1.165, 1.54) is 13.3 Å². The van der Waals surface area contributed by atoms with Gasteiger partial charge in [0, 0.05) is 7.05 Å². The summed E-state index contributed by atoms with van der Waals surface area (Å²) >= 11 is 5.93. The topological polar surface area (TPSA) is 52.4 Å². The van der Waals surface area contributed by atoms with Crippen molar-refractivity contribution in [1.29, 1.82) is 0 Å². The van der Waals surface area contributed by atoms with Crippen LogP contribution in [0, 0.1) is 0 Å². The molecule has 0 aromatic carbocycles. The number of nitrogens with one attached hydrogen (secondary N) is 1. The minimum absolute atomic E-state index is 0.293. The molecule has 1 heterocycles. The zero-order valence-corrected chi connectivity index (χ0v) is 12.8. The van der Waals surface area contributed by atoms with E-state index in [-0.39, 0.29) is 0 Å². The molecule has 8 heteroatoms. The second kappa shape index (κ2) is 12.5. The molecule has 0 aliphatic carbocycles. The number of aliphatic imine (C=N–C) groups is 2. The molecular weight excluding hydrogens is 288 g/mol. The van der Waals surface area contributed by atoms with Crippen LogP contribution in [-0.4, -0.2) is 55.5 Å². The summed E-state index contributed by atoms with van der Waals surface area (Å²) < 4.78 is 24.3. The van der Waals surface area contributed by atoms with Gasteiger partial charge in [-0.2, -0.15) is 5.10 Å². The lowest BCUT2D eigenvalue weighted by molar-refractivity contribution is 0.0873. The summed E-state index contributed by atoms with van der Waals surface area (Å²) in [6.07, 6.45) is -1.04. The number of hydrogen-bond acceptors (Lipinski definition) is 3. The van der Waals surface area contributed by atoms with Gasteiger partial charge < -0.3 is 5.32 Å². The molecule has 0 amide bonds. The van der Waals surface area contributed by atoms with Gasteiger partial charge >= 0.3 is 0 Å². The zero-order valence-electron chi connectivity index (χ0n) is 12.1. The van der Waals surface area contributed by atoms with E-state index in [1.807, 2.05) is 13.8 Å². The van der Waals surface area contributed by atoms with Crippen LogP contribution in [0.4, 0.5) is 8.78 Å². The minimum Gasteiger partial charge on any atom is -0.343 e. The van der Waals surface area contributed by atoms with Gasteiger partial charge in [0.25, 0.3) is 6.43 Å². The molecule has 0 saturated heterocycles. The maximum absolute atomic E-state index is 12.1. The Bertz CT molecular complexity index is 323. The average Bonchev–Trinajstić information content (AvgIpc) is 2.81. The Kier molecular flexibility index (Phi) is 13.0. The lowest BCUT2D eigenvalue weighted by atomic mass is 10.3. The fourth-order valence-corrected chi connectivity index (χ4v) is 1.46. The summed E-state index contributed by atoms with van der Waals surface area (Å²) in [5.74, 6) is 0.293. The highest BCUT2D eigenvalue weighted by Gasteiger charge is 2.31. The Labute approximate surface area is 124 Å². The van der Waals surface area contributed by atoms with Crippen molar-refractivity contribution in [2.45, 2.75) is 31.8 Å². The number of hydrazone groups is 1. The SMILES string of the molecule is C=C.C=NC(=NC)NC1C=NN(CC(F)F)C1Cl.CC. The summed E-state index contributed by atoms with van der Waals surface area (Å²) in [5, 5.41) is 7.71. The molecule has 0 fully saturated rings. The van der Waals surface area contributed by atoms with E-state index in [2.05, 4.69) is 40.3 Å². The second-order valence-corrected chi connectivity index (χ2v) is 3.47. The molecule has 0 saturated carbocycles. The van der Waals surface area contributed by atoms with Gasteiger partial charge in [0.1, 0.15) is 11.5 Å². The van der Waals surface area contributed by atoms with Gasteiger partial charge in [0.05, 0.1) is 12.8 Å². The van der Waals surface area contributed by atoms with Crippen LogP contribution in [0.3, 0.4) is 0 Å². The van der Waals surface area contributed by atoms with Crippen LogP contribution in [0.25, 0.3) is 0 Å². The Morgan fingerprint density at radius 1 is 1.50 bits per heavy atom. The molecule has 2 atom stereocenters. The van der Waals surface area contributed by atoms with Gasteiger partial charge in [-0.3, -0.25) is 10.0 Å². The van der Waals surface area contributed by atoms with Crippen molar-refractivity contribution in [3.05, 3.63) is 13.2 Å². The maximum atomic E-state index is 12.1. The Morgan fingerprint density at radius 2 is 2.05 bits per heavy atom. The predicted molar refractivity (Wildman–Crippen MR) is 83.3 cm³/mol. The van der Waals surface area contributed by atoms with Crippen LogP contribution in [0.1, 0.15) is 13.8 Å². The van der Waals surface area contributed by atoms with E-state index in [4.69, 9.17) is 11.6 Å². The highest BCUT2D eigenvalue weighted by molar-refractivity contribution is 6.22. The number of hydrogen-bond donors (Lipinski definition) is 1. The molecule has 0 radical (unpaired) electrons. The van der Waals surface area contributed by atoms with Crippen molar-refractivity contribution >= 4 is 30.5 Å². The van der Waals surface area contributed by atoms with Crippen molar-refractivity contribution in [1.82, 2.24) is 10.3 Å². The van der Waals surface area contributed by atoms with E-state index >= 15 is 0 Å². The van der Waals surface area contributed by atoms with Gasteiger partial charge in [-0.05, 0) is 6.72 Å². The highest BCUT2D eigenvalue weighted by Crippen LogP contribution is 2.17. The van der Waals surface area contributed by atoms with Crippen LogP contribution in [0.5, 0.6) is 0 Å². The van der Waals surface area contributed by atoms with E-state index in [0.29, 0.717) is 5.96 Å². The molecule has 1 aliphatic rings. The quantitative estimate of drug-likeness (QED) is 0.286. The normalized spacial score (nSPS) is 20.8. The minimum atomic E-state index is -2.48. The first-order valence-corrected chi connectivity index (χ1v) is 6.45. The lowest BCUT2D eigenvalue weighted by Crippen LogP contribution is -2.44. The fourth-order valence-electron chi connectivity index (χ4n) is 1.20. The monoisotopic (exact) mass is 309 g/mol. The third kappa shape index (κ3) is 7.18. The smallest absolute Gasteiger partial charge is 0.257 e. The Balaban J connectivity index is 0. The Hall–Kier alpha value is -1.50. The number of halogens is 3. The molecule has 0 spiro atoms. The maximum Gasteiger partial charge on any atom is 0.257 e. The summed E-state index contributed by atoms with van der Waals surface area (Å²) in [5.41, 5.74) is -0.687. The highest BCUT2D eigenvalue weighted by atomic mass is 35.5. The van der Waals surface area contributed by atoms with Crippen molar-refractivity contribution in [2.75, 3.05) is 13.6 Å². The molecular formula is C12H22ClF2N5. The molecule has 20 heavy (non-hydrogen) atoms. The summed E-state index contributed by atoms with van der Waals surface area (Å²) in [6, 6.07) is -0.412. The molecule has 2 unspecified atom stereocenters. The first-order chi connectivity index (χ1) is 9.58. The molecule has 0 bridgehead atoms. The predicted octanol–water partition coefficient (Wildman–Crippen LogP) is 2.59. The third-order valence-electron chi connectivity index (χ3n) is 1.94. The van der Waals surface area contributed by atoms with E-state index in [9.17, 15) is 8.78 Å². The molecule has 0 aromatic rings. The largest absolute Gasteiger partial charge is 0.343 e.